The van der Waals surface area contributed by atoms with Crippen LogP contribution in [-0.2, 0) is 15.6 Å². The van der Waals surface area contributed by atoms with Gasteiger partial charge in [0.1, 0.15) is 5.82 Å². The van der Waals surface area contributed by atoms with E-state index < -0.39 is 15.6 Å². The molecule has 0 fully saturated rings. The van der Waals surface area contributed by atoms with Crippen molar-refractivity contribution in [3.8, 4) is 16.8 Å². The van der Waals surface area contributed by atoms with Gasteiger partial charge in [-0.3, -0.25) is 9.36 Å². The Labute approximate surface area is 216 Å². The highest BCUT2D eigenvalue weighted by Crippen LogP contribution is 2.26. The largest absolute Gasteiger partial charge is 0.268 e. The van der Waals surface area contributed by atoms with Gasteiger partial charge in [-0.1, -0.05) is 72.3 Å². The quantitative estimate of drug-likeness (QED) is 0.324. The first-order valence-corrected chi connectivity index (χ1v) is 13.4. The lowest BCUT2D eigenvalue weighted by Gasteiger charge is -2.28. The fourth-order valence-electron chi connectivity index (χ4n) is 4.38. The highest BCUT2D eigenvalue weighted by Gasteiger charge is 2.33. The number of rotatable bonds is 6. The molecule has 1 N–H and O–H groups in total. The van der Waals surface area contributed by atoms with Gasteiger partial charge in [0, 0.05) is 0 Å². The number of hydrogen-bond donors (Lipinski definition) is 1. The van der Waals surface area contributed by atoms with Crippen LogP contribution in [0.2, 0.25) is 0 Å². The smallest absolute Gasteiger partial charge is 0.266 e. The Morgan fingerprint density at radius 1 is 0.757 bits per heavy atom. The number of fused-ring (bicyclic) bond motifs is 1. The van der Waals surface area contributed by atoms with Crippen molar-refractivity contribution in [2.45, 2.75) is 31.2 Å². The minimum absolute atomic E-state index is 0.130. The van der Waals surface area contributed by atoms with Crippen LogP contribution in [0.4, 0.5) is 0 Å². The number of aromatic nitrogens is 2. The topological polar surface area (TPSA) is 81.1 Å². The second kappa shape index (κ2) is 9.42. The number of aryl methyl sites for hydroxylation is 1. The van der Waals surface area contributed by atoms with E-state index in [9.17, 15) is 13.2 Å². The fourth-order valence-corrected chi connectivity index (χ4v) is 5.76. The van der Waals surface area contributed by atoms with Crippen molar-refractivity contribution < 1.29 is 8.42 Å². The molecule has 0 aliphatic heterocycles. The molecule has 0 saturated carbocycles. The molecule has 0 aliphatic rings. The Morgan fingerprint density at radius 2 is 1.35 bits per heavy atom. The summed E-state index contributed by atoms with van der Waals surface area (Å²) in [6.07, 6.45) is 0. The molecule has 0 spiro atoms. The SMILES string of the molecule is Cc1ccc(-n2c(C(C)(C)NS(=O)(=O)c3ccc(-c4ccccc4)cc3)nc3ccccc3c2=O)cc1. The van der Waals surface area contributed by atoms with Crippen LogP contribution in [0.3, 0.4) is 0 Å². The summed E-state index contributed by atoms with van der Waals surface area (Å²) in [5, 5.41) is 0.460. The van der Waals surface area contributed by atoms with Gasteiger partial charge >= 0.3 is 0 Å². The fraction of sp³-hybridized carbons (Fsp3) is 0.133. The van der Waals surface area contributed by atoms with Crippen LogP contribution in [-0.4, -0.2) is 18.0 Å². The van der Waals surface area contributed by atoms with E-state index in [1.165, 1.54) is 4.57 Å². The van der Waals surface area contributed by atoms with Gasteiger partial charge in [0.05, 0.1) is 27.0 Å². The van der Waals surface area contributed by atoms with Crippen LogP contribution in [0.25, 0.3) is 27.7 Å². The van der Waals surface area contributed by atoms with Crippen molar-refractivity contribution in [1.82, 2.24) is 14.3 Å². The first-order valence-electron chi connectivity index (χ1n) is 11.9. The van der Waals surface area contributed by atoms with Gasteiger partial charge in [0.2, 0.25) is 10.0 Å². The first-order chi connectivity index (χ1) is 17.7. The summed E-state index contributed by atoms with van der Waals surface area (Å²) < 4.78 is 31.2. The van der Waals surface area contributed by atoms with Crippen LogP contribution in [0.1, 0.15) is 25.2 Å². The van der Waals surface area contributed by atoms with Gasteiger partial charge in [-0.05, 0) is 68.3 Å². The summed E-state index contributed by atoms with van der Waals surface area (Å²) in [7, 11) is -3.94. The molecular weight excluding hydrogens is 482 g/mol. The predicted molar refractivity (Wildman–Crippen MR) is 147 cm³/mol. The molecule has 5 aromatic rings. The maximum atomic E-state index is 13.6. The average Bonchev–Trinajstić information content (AvgIpc) is 2.89. The van der Waals surface area contributed by atoms with Gasteiger partial charge in [0.15, 0.2) is 0 Å². The maximum absolute atomic E-state index is 13.6. The van der Waals surface area contributed by atoms with Crippen molar-refractivity contribution in [2.75, 3.05) is 0 Å². The molecule has 0 saturated heterocycles. The molecule has 37 heavy (non-hydrogen) atoms. The minimum Gasteiger partial charge on any atom is -0.268 e. The van der Waals surface area contributed by atoms with E-state index in [0.717, 1.165) is 16.7 Å². The van der Waals surface area contributed by atoms with Crippen LogP contribution < -0.4 is 10.3 Å². The third-order valence-corrected chi connectivity index (χ3v) is 7.96. The van der Waals surface area contributed by atoms with Gasteiger partial charge < -0.3 is 0 Å². The molecule has 0 aliphatic carbocycles. The van der Waals surface area contributed by atoms with E-state index in [2.05, 4.69) is 4.72 Å². The number of hydrogen-bond acceptors (Lipinski definition) is 4. The Hall–Kier alpha value is -4.07. The monoisotopic (exact) mass is 509 g/mol. The van der Waals surface area contributed by atoms with Crippen molar-refractivity contribution in [2.24, 2.45) is 0 Å². The molecule has 0 radical (unpaired) electrons. The number of sulfonamides is 1. The Bertz CT molecular complexity index is 1740. The molecule has 7 heteroatoms. The maximum Gasteiger partial charge on any atom is 0.266 e. The Morgan fingerprint density at radius 3 is 2.03 bits per heavy atom. The molecule has 0 amide bonds. The summed E-state index contributed by atoms with van der Waals surface area (Å²) in [6.45, 7) is 5.39. The molecule has 1 aromatic heterocycles. The molecule has 186 valence electrons. The number of nitrogens with one attached hydrogen (secondary N) is 1. The van der Waals surface area contributed by atoms with Crippen LogP contribution in [0.5, 0.6) is 0 Å². The van der Waals surface area contributed by atoms with Crippen LogP contribution in [0.15, 0.2) is 113 Å². The number of nitrogens with zero attached hydrogens (tertiary/aromatic N) is 2. The molecule has 5 rings (SSSR count). The molecule has 6 nitrogen and oxygen atoms in total. The molecule has 0 bridgehead atoms. The van der Waals surface area contributed by atoms with E-state index in [0.29, 0.717) is 22.4 Å². The summed E-state index contributed by atoms with van der Waals surface area (Å²) in [4.78, 5) is 18.5. The average molecular weight is 510 g/mol. The minimum atomic E-state index is -3.94. The summed E-state index contributed by atoms with van der Waals surface area (Å²) >= 11 is 0. The van der Waals surface area contributed by atoms with Crippen LogP contribution in [0, 0.1) is 6.92 Å². The molecule has 0 unspecified atom stereocenters. The van der Waals surface area contributed by atoms with E-state index >= 15 is 0 Å². The summed E-state index contributed by atoms with van der Waals surface area (Å²) in [5.41, 5.74) is 2.61. The van der Waals surface area contributed by atoms with Crippen molar-refractivity contribution >= 4 is 20.9 Å². The summed E-state index contributed by atoms with van der Waals surface area (Å²) in [6, 6.07) is 31.1. The first kappa shape index (κ1) is 24.6. The highest BCUT2D eigenvalue weighted by molar-refractivity contribution is 7.89. The molecular formula is C30H27N3O3S. The van der Waals surface area contributed by atoms with E-state index in [-0.39, 0.29) is 10.5 Å². The van der Waals surface area contributed by atoms with Gasteiger partial charge in [-0.15, -0.1) is 0 Å². The lowest BCUT2D eigenvalue weighted by atomic mass is 10.0. The second-order valence-electron chi connectivity index (χ2n) is 9.55. The van der Waals surface area contributed by atoms with Crippen molar-refractivity contribution in [1.29, 1.82) is 0 Å². The Kier molecular flexibility index (Phi) is 6.27. The zero-order valence-corrected chi connectivity index (χ0v) is 21.7. The van der Waals surface area contributed by atoms with E-state index in [1.807, 2.05) is 61.5 Å². The zero-order chi connectivity index (χ0) is 26.2. The number of benzene rings is 4. The van der Waals surface area contributed by atoms with Gasteiger partial charge in [-0.25, -0.2) is 13.4 Å². The summed E-state index contributed by atoms with van der Waals surface area (Å²) in [5.74, 6) is 0.296. The van der Waals surface area contributed by atoms with E-state index in [4.69, 9.17) is 4.98 Å². The second-order valence-corrected chi connectivity index (χ2v) is 11.2. The third-order valence-electron chi connectivity index (χ3n) is 6.29. The molecule has 1 heterocycles. The highest BCUT2D eigenvalue weighted by atomic mass is 32.2. The lowest BCUT2D eigenvalue weighted by Crippen LogP contribution is -2.45. The zero-order valence-electron chi connectivity index (χ0n) is 20.8. The van der Waals surface area contributed by atoms with Crippen molar-refractivity contribution in [3.63, 3.8) is 0 Å². The standard InChI is InChI=1S/C30H27N3O3S/c1-21-13-17-24(18-14-21)33-28(34)26-11-7-8-12-27(26)31-29(33)30(2,3)32-37(35,36)25-19-15-23(16-20-25)22-9-5-4-6-10-22/h4-20,32H,1-3H3. The molecule has 4 aromatic carbocycles. The lowest BCUT2D eigenvalue weighted by molar-refractivity contribution is 0.435. The normalized spacial score (nSPS) is 12.1. The predicted octanol–water partition coefficient (Wildman–Crippen LogP) is 5.57. The third kappa shape index (κ3) is 4.83. The van der Waals surface area contributed by atoms with Gasteiger partial charge in [-0.2, -0.15) is 4.72 Å². The van der Waals surface area contributed by atoms with Crippen LogP contribution >= 0.6 is 0 Å². The number of para-hydroxylation sites is 1. The van der Waals surface area contributed by atoms with E-state index in [1.54, 1.807) is 62.4 Å². The molecule has 0 atom stereocenters. The Balaban J connectivity index is 1.58. The van der Waals surface area contributed by atoms with Crippen molar-refractivity contribution in [3.05, 3.63) is 125 Å². The van der Waals surface area contributed by atoms with Gasteiger partial charge in [0.25, 0.3) is 5.56 Å².